The molecule has 2 heterocycles. The minimum absolute atomic E-state index is 0.933. The van der Waals surface area contributed by atoms with E-state index in [-0.39, 0.29) is 0 Å². The Morgan fingerprint density at radius 3 is 2.03 bits per heavy atom. The molecule has 2 heteroatoms. The first-order valence-corrected chi connectivity index (χ1v) is 10.9. The Hall–Kier alpha value is -4.04. The summed E-state index contributed by atoms with van der Waals surface area (Å²) in [7, 11) is 0. The van der Waals surface area contributed by atoms with Gasteiger partial charge in [-0.3, -0.25) is 0 Å². The van der Waals surface area contributed by atoms with E-state index >= 15 is 0 Å². The van der Waals surface area contributed by atoms with Crippen LogP contribution in [0.15, 0.2) is 97.1 Å². The summed E-state index contributed by atoms with van der Waals surface area (Å²) in [4.78, 5) is 0. The lowest BCUT2D eigenvalue weighted by Crippen LogP contribution is -2.19. The first-order valence-electron chi connectivity index (χ1n) is 10.9. The van der Waals surface area contributed by atoms with Crippen molar-refractivity contribution >= 4 is 51.6 Å². The van der Waals surface area contributed by atoms with Crippen LogP contribution in [0.1, 0.15) is 13.8 Å². The number of hydrogen-bond acceptors (Lipinski definition) is 0. The minimum atomic E-state index is 0.933. The molecular formula is C30H26N2. The fourth-order valence-electron chi connectivity index (χ4n) is 4.56. The molecule has 0 aliphatic rings. The summed E-state index contributed by atoms with van der Waals surface area (Å²) < 4.78 is 4.58. The van der Waals surface area contributed by atoms with Crippen LogP contribution in [0.5, 0.6) is 0 Å². The van der Waals surface area contributed by atoms with Gasteiger partial charge < -0.3 is 9.13 Å². The number of para-hydroxylation sites is 3. The van der Waals surface area contributed by atoms with Crippen LogP contribution in [-0.4, -0.2) is 9.13 Å². The van der Waals surface area contributed by atoms with Gasteiger partial charge in [0.15, 0.2) is 0 Å². The average Bonchev–Trinajstić information content (AvgIpc) is 3.18. The molecule has 0 saturated heterocycles. The van der Waals surface area contributed by atoms with Crippen LogP contribution in [0, 0.1) is 0 Å². The number of benzene rings is 3. The number of fused-ring (bicyclic) bond motifs is 4. The zero-order chi connectivity index (χ0) is 22.2. The molecule has 0 amide bonds. The first kappa shape index (κ1) is 19.9. The van der Waals surface area contributed by atoms with Crippen LogP contribution in [0.3, 0.4) is 0 Å². The van der Waals surface area contributed by atoms with E-state index in [9.17, 15) is 0 Å². The zero-order valence-electron chi connectivity index (χ0n) is 18.5. The Labute approximate surface area is 188 Å². The van der Waals surface area contributed by atoms with Gasteiger partial charge in [-0.25, -0.2) is 0 Å². The molecular weight excluding hydrogens is 388 g/mol. The molecule has 5 rings (SSSR count). The quantitative estimate of drug-likeness (QED) is 0.309. The maximum absolute atomic E-state index is 4.66. The predicted octanol–water partition coefficient (Wildman–Crippen LogP) is 6.56. The highest BCUT2D eigenvalue weighted by atomic mass is 15.0. The Morgan fingerprint density at radius 1 is 0.688 bits per heavy atom. The molecule has 5 aromatic rings. The monoisotopic (exact) mass is 414 g/mol. The Morgan fingerprint density at radius 2 is 1.31 bits per heavy atom. The SMILES string of the molecule is C=c1ccc2c3ccccc3n(-c3ccccc3)c2c(=C)n(/C(C)=C/C)c2ccccc12. The van der Waals surface area contributed by atoms with Crippen LogP contribution in [0.2, 0.25) is 0 Å². The zero-order valence-corrected chi connectivity index (χ0v) is 18.5. The van der Waals surface area contributed by atoms with E-state index in [1.807, 2.05) is 0 Å². The topological polar surface area (TPSA) is 9.86 Å². The summed E-state index contributed by atoms with van der Waals surface area (Å²) in [6, 6.07) is 31.8. The lowest BCUT2D eigenvalue weighted by molar-refractivity contribution is 1.06. The maximum Gasteiger partial charge on any atom is 0.0776 e. The van der Waals surface area contributed by atoms with Gasteiger partial charge in [-0.2, -0.15) is 0 Å². The van der Waals surface area contributed by atoms with E-state index < -0.39 is 0 Å². The number of nitrogens with zero attached hydrogens (tertiary/aromatic N) is 2. The molecule has 0 aliphatic heterocycles. The summed E-state index contributed by atoms with van der Waals surface area (Å²) >= 11 is 0. The second-order valence-corrected chi connectivity index (χ2v) is 8.04. The van der Waals surface area contributed by atoms with Gasteiger partial charge in [-0.1, -0.05) is 86.0 Å². The molecule has 3 aromatic carbocycles. The van der Waals surface area contributed by atoms with Crippen molar-refractivity contribution in [3.05, 3.63) is 108 Å². The largest absolute Gasteiger partial charge is 0.313 e. The highest BCUT2D eigenvalue weighted by Crippen LogP contribution is 2.29. The van der Waals surface area contributed by atoms with E-state index in [2.05, 4.69) is 133 Å². The minimum Gasteiger partial charge on any atom is -0.313 e. The third-order valence-corrected chi connectivity index (χ3v) is 6.18. The third-order valence-electron chi connectivity index (χ3n) is 6.18. The molecule has 0 N–H and O–H groups in total. The van der Waals surface area contributed by atoms with Crippen molar-refractivity contribution in [1.82, 2.24) is 9.13 Å². The van der Waals surface area contributed by atoms with Crippen LogP contribution in [0.25, 0.3) is 57.3 Å². The van der Waals surface area contributed by atoms with Crippen molar-refractivity contribution in [2.24, 2.45) is 0 Å². The smallest absolute Gasteiger partial charge is 0.0776 e. The van der Waals surface area contributed by atoms with Gasteiger partial charge >= 0.3 is 0 Å². The Balaban J connectivity index is 2.20. The number of hydrogen-bond donors (Lipinski definition) is 0. The summed E-state index contributed by atoms with van der Waals surface area (Å²) in [6.07, 6.45) is 2.13. The molecule has 0 radical (unpaired) electrons. The number of allylic oxidation sites excluding steroid dienone is 2. The van der Waals surface area contributed by atoms with Gasteiger partial charge in [-0.05, 0) is 43.3 Å². The van der Waals surface area contributed by atoms with Crippen molar-refractivity contribution in [3.8, 4) is 5.69 Å². The Bertz CT molecular complexity index is 1660. The van der Waals surface area contributed by atoms with Crippen LogP contribution < -0.4 is 10.6 Å². The molecule has 0 aliphatic carbocycles. The van der Waals surface area contributed by atoms with E-state index in [1.54, 1.807) is 0 Å². The van der Waals surface area contributed by atoms with Gasteiger partial charge in [0.1, 0.15) is 0 Å². The van der Waals surface area contributed by atoms with Crippen LogP contribution in [-0.2, 0) is 0 Å². The van der Waals surface area contributed by atoms with Gasteiger partial charge in [0.25, 0.3) is 0 Å². The first-order chi connectivity index (χ1) is 15.6. The predicted molar refractivity (Wildman–Crippen MR) is 140 cm³/mol. The molecule has 0 spiro atoms. The van der Waals surface area contributed by atoms with E-state index in [0.29, 0.717) is 0 Å². The molecule has 2 aromatic heterocycles. The normalized spacial score (nSPS) is 11.9. The van der Waals surface area contributed by atoms with Crippen molar-refractivity contribution in [2.75, 3.05) is 0 Å². The molecule has 0 bridgehead atoms. The Kier molecular flexibility index (Phi) is 4.91. The van der Waals surface area contributed by atoms with Crippen molar-refractivity contribution in [3.63, 3.8) is 0 Å². The second kappa shape index (κ2) is 7.90. The van der Waals surface area contributed by atoms with E-state index in [4.69, 9.17) is 0 Å². The van der Waals surface area contributed by atoms with Gasteiger partial charge in [0, 0.05) is 27.5 Å². The average molecular weight is 415 g/mol. The fourth-order valence-corrected chi connectivity index (χ4v) is 4.56. The van der Waals surface area contributed by atoms with Gasteiger partial charge in [0.2, 0.25) is 0 Å². The molecule has 0 unspecified atom stereocenters. The summed E-state index contributed by atoms with van der Waals surface area (Å²) in [5.41, 5.74) is 5.56. The summed E-state index contributed by atoms with van der Waals surface area (Å²) in [5.74, 6) is 0. The maximum atomic E-state index is 4.66. The van der Waals surface area contributed by atoms with Crippen molar-refractivity contribution in [1.29, 1.82) is 0 Å². The molecule has 0 saturated carbocycles. The van der Waals surface area contributed by atoms with Crippen LogP contribution in [0.4, 0.5) is 0 Å². The van der Waals surface area contributed by atoms with Crippen LogP contribution >= 0.6 is 0 Å². The molecule has 2 nitrogen and oxygen atoms in total. The summed E-state index contributed by atoms with van der Waals surface area (Å²) in [5, 5.41) is 5.36. The highest BCUT2D eigenvalue weighted by molar-refractivity contribution is 6.09. The lowest BCUT2D eigenvalue weighted by Gasteiger charge is -2.13. The number of rotatable bonds is 2. The van der Waals surface area contributed by atoms with Gasteiger partial charge in [-0.15, -0.1) is 0 Å². The molecule has 0 fully saturated rings. The fraction of sp³-hybridized carbons (Fsp3) is 0.0667. The van der Waals surface area contributed by atoms with Crippen molar-refractivity contribution in [2.45, 2.75) is 13.8 Å². The second-order valence-electron chi connectivity index (χ2n) is 8.04. The standard InChI is InChI=1S/C30H26N2/c1-5-22(3)31-23(4)30-27(20-19-21(2)25-15-9-11-17-28(25)31)26-16-10-12-18-29(26)32(30)24-13-7-6-8-14-24/h5-20H,2,4H2,1,3H3/b20-19?,22-5+. The number of aromatic nitrogens is 2. The van der Waals surface area contributed by atoms with E-state index in [1.165, 1.54) is 5.39 Å². The van der Waals surface area contributed by atoms with Gasteiger partial charge in [0.05, 0.1) is 21.9 Å². The lowest BCUT2D eigenvalue weighted by atomic mass is 10.2. The highest BCUT2D eigenvalue weighted by Gasteiger charge is 2.13. The van der Waals surface area contributed by atoms with E-state index in [0.717, 1.165) is 49.3 Å². The third kappa shape index (κ3) is 3.04. The molecule has 32 heavy (non-hydrogen) atoms. The van der Waals surface area contributed by atoms with Crippen molar-refractivity contribution < 1.29 is 0 Å². The molecule has 0 atom stereocenters. The summed E-state index contributed by atoms with van der Waals surface area (Å²) in [6.45, 7) is 13.2. The molecule has 156 valence electrons.